The number of nitriles is 1. The van der Waals surface area contributed by atoms with Gasteiger partial charge in [0.15, 0.2) is 0 Å². The zero-order valence-electron chi connectivity index (χ0n) is 14.6. The molecule has 0 radical (unpaired) electrons. The molecule has 1 N–H and O–H groups in total. The molecule has 1 saturated heterocycles. The van der Waals surface area contributed by atoms with Crippen LogP contribution in [-0.4, -0.2) is 46.8 Å². The van der Waals surface area contributed by atoms with E-state index in [-0.39, 0.29) is 0 Å². The molecule has 1 unspecified atom stereocenters. The van der Waals surface area contributed by atoms with Gasteiger partial charge in [-0.15, -0.1) is 0 Å². The third-order valence-corrected chi connectivity index (χ3v) is 5.19. The molecule has 0 saturated carbocycles. The maximum atomic E-state index is 13.5. The third-order valence-electron chi connectivity index (χ3n) is 4.14. The number of nitrogens with zero attached hydrogens (tertiary/aromatic N) is 3. The summed E-state index contributed by atoms with van der Waals surface area (Å²) in [6.45, 7) is -1.28. The first kappa shape index (κ1) is 19.8. The fraction of sp³-hybridized carbons (Fsp3) is 0.263. The maximum Gasteiger partial charge on any atom is 0.268 e. The summed E-state index contributed by atoms with van der Waals surface area (Å²) in [6, 6.07) is 11.4. The minimum absolute atomic E-state index is 0.320. The number of aromatic nitrogens is 1. The van der Waals surface area contributed by atoms with E-state index in [0.717, 1.165) is 9.80 Å². The number of hydrogen-bond acceptors (Lipinski definition) is 5. The highest BCUT2D eigenvalue weighted by atomic mass is 32.2. The molecule has 3 rings (SSSR count). The molecule has 1 fully saturated rings. The maximum absolute atomic E-state index is 13.5. The molecular formula is C19H16F2N4O2S. The van der Waals surface area contributed by atoms with Crippen LogP contribution in [0.4, 0.5) is 8.78 Å². The van der Waals surface area contributed by atoms with Crippen molar-refractivity contribution in [3.63, 3.8) is 0 Å². The van der Waals surface area contributed by atoms with Gasteiger partial charge in [-0.3, -0.25) is 14.6 Å². The van der Waals surface area contributed by atoms with Crippen LogP contribution in [0.5, 0.6) is 0 Å². The fourth-order valence-corrected chi connectivity index (χ4v) is 3.74. The highest BCUT2D eigenvalue weighted by Gasteiger charge is 2.47. The van der Waals surface area contributed by atoms with E-state index in [4.69, 9.17) is 5.26 Å². The predicted octanol–water partition coefficient (Wildman–Crippen LogP) is 2.72. The van der Waals surface area contributed by atoms with Crippen LogP contribution in [0.25, 0.3) is 0 Å². The van der Waals surface area contributed by atoms with Gasteiger partial charge in [-0.25, -0.2) is 8.78 Å². The van der Waals surface area contributed by atoms with Gasteiger partial charge in [0.1, 0.15) is 6.04 Å². The smallest absolute Gasteiger partial charge is 0.268 e. The van der Waals surface area contributed by atoms with E-state index in [1.165, 1.54) is 24.0 Å². The number of carbonyl (C=O) groups is 2. The molecule has 28 heavy (non-hydrogen) atoms. The number of amides is 2. The number of hydrogen-bond donors (Lipinski definition) is 1. The van der Waals surface area contributed by atoms with Crippen molar-refractivity contribution in [3.8, 4) is 6.07 Å². The minimum Gasteiger partial charge on any atom is -0.343 e. The van der Waals surface area contributed by atoms with Crippen LogP contribution in [0.15, 0.2) is 58.6 Å². The van der Waals surface area contributed by atoms with E-state index >= 15 is 0 Å². The largest absolute Gasteiger partial charge is 0.343 e. The normalized spacial score (nSPS) is 17.8. The first-order valence-corrected chi connectivity index (χ1v) is 9.23. The van der Waals surface area contributed by atoms with Crippen molar-refractivity contribution in [2.24, 2.45) is 0 Å². The van der Waals surface area contributed by atoms with Crippen molar-refractivity contribution in [3.05, 3.63) is 54.4 Å². The van der Waals surface area contributed by atoms with Gasteiger partial charge in [0.2, 0.25) is 5.91 Å². The molecule has 9 heteroatoms. The number of halogens is 2. The van der Waals surface area contributed by atoms with Crippen LogP contribution in [0, 0.1) is 11.3 Å². The van der Waals surface area contributed by atoms with E-state index in [9.17, 15) is 18.4 Å². The van der Waals surface area contributed by atoms with E-state index in [2.05, 4.69) is 10.3 Å². The summed E-state index contributed by atoms with van der Waals surface area (Å²) >= 11 is 1.34. The highest BCUT2D eigenvalue weighted by molar-refractivity contribution is 7.99. The molecule has 0 aliphatic carbocycles. The summed E-state index contributed by atoms with van der Waals surface area (Å²) in [4.78, 5) is 31.1. The van der Waals surface area contributed by atoms with Gasteiger partial charge in [0.05, 0.1) is 24.7 Å². The average molecular weight is 402 g/mol. The molecule has 1 atom stereocenters. The van der Waals surface area contributed by atoms with Gasteiger partial charge in [-0.2, -0.15) is 5.26 Å². The molecule has 2 aromatic rings. The van der Waals surface area contributed by atoms with Gasteiger partial charge in [0, 0.05) is 28.6 Å². The molecule has 1 aromatic heterocycles. The Morgan fingerprint density at radius 1 is 1.32 bits per heavy atom. The molecule has 1 aliphatic rings. The lowest BCUT2D eigenvalue weighted by atomic mass is 10.2. The molecule has 0 spiro atoms. The Kier molecular flexibility index (Phi) is 5.90. The minimum atomic E-state index is -3.09. The summed E-state index contributed by atoms with van der Waals surface area (Å²) in [7, 11) is 0. The first-order valence-electron chi connectivity index (χ1n) is 8.42. The summed E-state index contributed by atoms with van der Waals surface area (Å²) in [5.74, 6) is -4.33. The second-order valence-electron chi connectivity index (χ2n) is 6.20. The lowest BCUT2D eigenvalue weighted by molar-refractivity contribution is -0.131. The Bertz CT molecular complexity index is 918. The van der Waals surface area contributed by atoms with Gasteiger partial charge < -0.3 is 10.2 Å². The van der Waals surface area contributed by atoms with Crippen LogP contribution in [0.3, 0.4) is 0 Å². The van der Waals surface area contributed by atoms with Crippen LogP contribution in [0.1, 0.15) is 16.8 Å². The summed E-state index contributed by atoms with van der Waals surface area (Å²) < 4.78 is 26.9. The first-order chi connectivity index (χ1) is 13.4. The van der Waals surface area contributed by atoms with Crippen molar-refractivity contribution in [2.45, 2.75) is 28.2 Å². The molecule has 0 bridgehead atoms. The van der Waals surface area contributed by atoms with Crippen molar-refractivity contribution < 1.29 is 18.4 Å². The lowest BCUT2D eigenvalue weighted by Gasteiger charge is -2.19. The molecule has 6 nitrogen and oxygen atoms in total. The zero-order chi connectivity index (χ0) is 20.1. The van der Waals surface area contributed by atoms with Crippen LogP contribution in [0.2, 0.25) is 0 Å². The quantitative estimate of drug-likeness (QED) is 0.831. The lowest BCUT2D eigenvalue weighted by Crippen LogP contribution is -2.43. The standard InChI is InChI=1S/C19H16F2N4O2S/c20-19(21)8-13(9-22)25(12-19)17(26)11-24-18(27)15-6-7-23-10-16(15)28-14-4-2-1-3-5-14/h1-7,10,13H,8,11-12H2,(H,24,27). The van der Waals surface area contributed by atoms with E-state index in [1.54, 1.807) is 12.3 Å². The number of likely N-dealkylation sites (tertiary alicyclic amines) is 1. The second-order valence-corrected chi connectivity index (χ2v) is 7.31. The summed E-state index contributed by atoms with van der Waals surface area (Å²) in [5.41, 5.74) is 0.320. The molecular weight excluding hydrogens is 386 g/mol. The van der Waals surface area contributed by atoms with Gasteiger partial charge in [-0.1, -0.05) is 30.0 Å². The summed E-state index contributed by atoms with van der Waals surface area (Å²) in [5, 5.41) is 11.4. The summed E-state index contributed by atoms with van der Waals surface area (Å²) in [6.07, 6.45) is 2.31. The second kappa shape index (κ2) is 8.35. The van der Waals surface area contributed by atoms with E-state index < -0.39 is 43.3 Å². The van der Waals surface area contributed by atoms with Crippen LogP contribution >= 0.6 is 11.8 Å². The molecule has 1 aliphatic heterocycles. The Labute approximate surface area is 164 Å². The van der Waals surface area contributed by atoms with Crippen molar-refractivity contribution in [2.75, 3.05) is 13.1 Å². The topological polar surface area (TPSA) is 86.1 Å². The van der Waals surface area contributed by atoms with Crippen molar-refractivity contribution in [1.29, 1.82) is 5.26 Å². The highest BCUT2D eigenvalue weighted by Crippen LogP contribution is 2.32. The SMILES string of the molecule is N#CC1CC(F)(F)CN1C(=O)CNC(=O)c1ccncc1Sc1ccccc1. The zero-order valence-corrected chi connectivity index (χ0v) is 15.5. The predicted molar refractivity (Wildman–Crippen MR) is 97.8 cm³/mol. The van der Waals surface area contributed by atoms with Gasteiger partial charge in [-0.05, 0) is 18.2 Å². The van der Waals surface area contributed by atoms with Crippen LogP contribution < -0.4 is 5.32 Å². The molecule has 1 aromatic carbocycles. The average Bonchev–Trinajstić information content (AvgIpc) is 3.02. The number of nitrogens with one attached hydrogen (secondary N) is 1. The Morgan fingerprint density at radius 3 is 2.79 bits per heavy atom. The van der Waals surface area contributed by atoms with Crippen molar-refractivity contribution in [1.82, 2.24) is 15.2 Å². The van der Waals surface area contributed by atoms with Gasteiger partial charge >= 0.3 is 0 Å². The fourth-order valence-electron chi connectivity index (χ4n) is 2.81. The number of benzene rings is 1. The van der Waals surface area contributed by atoms with E-state index in [0.29, 0.717) is 10.5 Å². The Hall–Kier alpha value is -2.99. The monoisotopic (exact) mass is 402 g/mol. The molecule has 2 amide bonds. The number of pyridine rings is 1. The number of alkyl halides is 2. The number of rotatable bonds is 5. The van der Waals surface area contributed by atoms with Crippen molar-refractivity contribution >= 4 is 23.6 Å². The molecule has 144 valence electrons. The Morgan fingerprint density at radius 2 is 2.07 bits per heavy atom. The van der Waals surface area contributed by atoms with Crippen LogP contribution in [-0.2, 0) is 4.79 Å². The number of carbonyl (C=O) groups excluding carboxylic acids is 2. The third kappa shape index (κ3) is 4.64. The van der Waals surface area contributed by atoms with Gasteiger partial charge in [0.25, 0.3) is 11.8 Å². The Balaban J connectivity index is 1.66. The van der Waals surface area contributed by atoms with E-state index in [1.807, 2.05) is 30.3 Å². The molecule has 2 heterocycles.